The lowest BCUT2D eigenvalue weighted by atomic mass is 10.0. The summed E-state index contributed by atoms with van der Waals surface area (Å²) in [6.45, 7) is 4.51. The van der Waals surface area contributed by atoms with Gasteiger partial charge in [0.15, 0.2) is 0 Å². The summed E-state index contributed by atoms with van der Waals surface area (Å²) in [4.78, 5) is 2.61. The third-order valence-corrected chi connectivity index (χ3v) is 4.30. The van der Waals surface area contributed by atoms with E-state index in [1.807, 2.05) is 19.1 Å². The van der Waals surface area contributed by atoms with Gasteiger partial charge >= 0.3 is 0 Å². The van der Waals surface area contributed by atoms with Gasteiger partial charge in [0.1, 0.15) is 0 Å². The van der Waals surface area contributed by atoms with Crippen molar-refractivity contribution in [1.29, 1.82) is 5.26 Å². The molecule has 0 saturated carbocycles. The molecule has 0 radical (unpaired) electrons. The zero-order valence-corrected chi connectivity index (χ0v) is 10.8. The molecule has 2 unspecified atom stereocenters. The number of nitrogens with zero attached hydrogens (tertiary/aromatic N) is 2. The Bertz CT molecular complexity index is 489. The molecule has 1 aromatic rings. The molecule has 2 aliphatic heterocycles. The first-order valence-corrected chi connectivity index (χ1v) is 6.79. The molecule has 0 amide bonds. The summed E-state index contributed by atoms with van der Waals surface area (Å²) < 4.78 is 0. The highest BCUT2D eigenvalue weighted by Gasteiger charge is 2.36. The van der Waals surface area contributed by atoms with Crippen LogP contribution in [0.25, 0.3) is 0 Å². The molecule has 2 aliphatic rings. The first kappa shape index (κ1) is 11.6. The van der Waals surface area contributed by atoms with Crippen molar-refractivity contribution in [2.24, 2.45) is 0 Å². The Kier molecular flexibility index (Phi) is 2.97. The van der Waals surface area contributed by atoms with E-state index >= 15 is 0 Å². The number of nitrogens with one attached hydrogen (secondary N) is 1. The van der Waals surface area contributed by atoms with E-state index in [1.54, 1.807) is 0 Å². The molecule has 18 heavy (non-hydrogen) atoms. The second kappa shape index (κ2) is 4.62. The van der Waals surface area contributed by atoms with Crippen molar-refractivity contribution in [2.45, 2.75) is 38.3 Å². The van der Waals surface area contributed by atoms with E-state index in [0.29, 0.717) is 6.04 Å². The molecule has 3 heteroatoms. The van der Waals surface area contributed by atoms with E-state index in [4.69, 9.17) is 5.26 Å². The molecular formula is C15H19N3. The molecule has 2 atom stereocenters. The zero-order chi connectivity index (χ0) is 12.5. The van der Waals surface area contributed by atoms with Crippen LogP contribution in [0.2, 0.25) is 0 Å². The van der Waals surface area contributed by atoms with Crippen LogP contribution in [0.1, 0.15) is 30.4 Å². The fraction of sp³-hybridized carbons (Fsp3) is 0.533. The Morgan fingerprint density at radius 3 is 3.00 bits per heavy atom. The Labute approximate surface area is 108 Å². The lowest BCUT2D eigenvalue weighted by Crippen LogP contribution is -2.33. The fourth-order valence-electron chi connectivity index (χ4n) is 3.34. The second-order valence-electron chi connectivity index (χ2n) is 5.43. The number of hydrogen-bond donors (Lipinski definition) is 1. The first-order chi connectivity index (χ1) is 8.78. The molecule has 2 heterocycles. The number of nitriles is 1. The summed E-state index contributed by atoms with van der Waals surface area (Å²) >= 11 is 0. The molecule has 1 N–H and O–H groups in total. The number of hydrogen-bond acceptors (Lipinski definition) is 3. The summed E-state index contributed by atoms with van der Waals surface area (Å²) in [6, 6.07) is 9.56. The number of rotatable bonds is 2. The van der Waals surface area contributed by atoms with Crippen LogP contribution in [0.3, 0.4) is 0 Å². The average Bonchev–Trinajstić information content (AvgIpc) is 2.94. The van der Waals surface area contributed by atoms with Gasteiger partial charge in [0, 0.05) is 24.3 Å². The molecule has 0 aliphatic carbocycles. The van der Waals surface area contributed by atoms with Crippen LogP contribution in [0.5, 0.6) is 0 Å². The van der Waals surface area contributed by atoms with Crippen molar-refractivity contribution >= 4 is 5.69 Å². The standard InChI is InChI=1S/C15H19N3/c1-11-9-13(5-4-12(11)10-16)17-14-6-8-18-7-2-3-15(14)18/h4-5,9,14-15,17H,2-3,6-8H2,1H3. The molecule has 2 saturated heterocycles. The smallest absolute Gasteiger partial charge is 0.0994 e. The molecule has 0 spiro atoms. The maximum absolute atomic E-state index is 8.94. The number of anilines is 1. The minimum Gasteiger partial charge on any atom is -0.381 e. The lowest BCUT2D eigenvalue weighted by molar-refractivity contribution is 0.318. The topological polar surface area (TPSA) is 39.1 Å². The van der Waals surface area contributed by atoms with Crippen LogP contribution in [0.15, 0.2) is 18.2 Å². The van der Waals surface area contributed by atoms with Gasteiger partial charge in [-0.05, 0) is 56.5 Å². The number of benzene rings is 1. The van der Waals surface area contributed by atoms with Gasteiger partial charge in [0.05, 0.1) is 11.6 Å². The molecule has 3 rings (SSSR count). The van der Waals surface area contributed by atoms with E-state index in [2.05, 4.69) is 22.4 Å². The van der Waals surface area contributed by atoms with Crippen LogP contribution < -0.4 is 5.32 Å². The Balaban J connectivity index is 1.73. The second-order valence-corrected chi connectivity index (χ2v) is 5.43. The highest BCUT2D eigenvalue weighted by Crippen LogP contribution is 2.30. The zero-order valence-electron chi connectivity index (χ0n) is 10.8. The number of aryl methyl sites for hydroxylation is 1. The summed E-state index contributed by atoms with van der Waals surface area (Å²) in [5.41, 5.74) is 2.99. The lowest BCUT2D eigenvalue weighted by Gasteiger charge is -2.22. The normalized spacial score (nSPS) is 26.9. The van der Waals surface area contributed by atoms with E-state index in [1.165, 1.54) is 32.4 Å². The van der Waals surface area contributed by atoms with E-state index in [-0.39, 0.29) is 0 Å². The fourth-order valence-corrected chi connectivity index (χ4v) is 3.34. The molecule has 0 bridgehead atoms. The summed E-state index contributed by atoms with van der Waals surface area (Å²) in [5.74, 6) is 0. The summed E-state index contributed by atoms with van der Waals surface area (Å²) in [5, 5.41) is 12.6. The van der Waals surface area contributed by atoms with Gasteiger partial charge in [-0.1, -0.05) is 0 Å². The molecule has 0 aromatic heterocycles. The quantitative estimate of drug-likeness (QED) is 0.864. The van der Waals surface area contributed by atoms with Gasteiger partial charge in [-0.3, -0.25) is 4.90 Å². The predicted molar refractivity (Wildman–Crippen MR) is 72.5 cm³/mol. The van der Waals surface area contributed by atoms with Crippen LogP contribution in [-0.2, 0) is 0 Å². The molecule has 3 nitrogen and oxygen atoms in total. The van der Waals surface area contributed by atoms with E-state index in [0.717, 1.165) is 22.9 Å². The van der Waals surface area contributed by atoms with Gasteiger partial charge in [-0.15, -0.1) is 0 Å². The summed E-state index contributed by atoms with van der Waals surface area (Å²) in [7, 11) is 0. The third kappa shape index (κ3) is 1.97. The van der Waals surface area contributed by atoms with Gasteiger partial charge in [-0.25, -0.2) is 0 Å². The Morgan fingerprint density at radius 1 is 1.33 bits per heavy atom. The maximum Gasteiger partial charge on any atom is 0.0994 e. The predicted octanol–water partition coefficient (Wildman–Crippen LogP) is 2.52. The van der Waals surface area contributed by atoms with Crippen molar-refractivity contribution in [2.75, 3.05) is 18.4 Å². The van der Waals surface area contributed by atoms with Gasteiger partial charge < -0.3 is 5.32 Å². The van der Waals surface area contributed by atoms with E-state index < -0.39 is 0 Å². The largest absolute Gasteiger partial charge is 0.381 e. The van der Waals surface area contributed by atoms with Crippen molar-refractivity contribution in [1.82, 2.24) is 4.90 Å². The van der Waals surface area contributed by atoms with Gasteiger partial charge in [-0.2, -0.15) is 5.26 Å². The van der Waals surface area contributed by atoms with Crippen LogP contribution in [0, 0.1) is 18.3 Å². The highest BCUT2D eigenvalue weighted by molar-refractivity contribution is 5.52. The highest BCUT2D eigenvalue weighted by atomic mass is 15.2. The van der Waals surface area contributed by atoms with E-state index in [9.17, 15) is 0 Å². The monoisotopic (exact) mass is 241 g/mol. The third-order valence-electron chi connectivity index (χ3n) is 4.30. The minimum absolute atomic E-state index is 0.583. The van der Waals surface area contributed by atoms with Crippen LogP contribution in [-0.4, -0.2) is 30.1 Å². The van der Waals surface area contributed by atoms with Crippen molar-refractivity contribution in [3.63, 3.8) is 0 Å². The Morgan fingerprint density at radius 2 is 2.22 bits per heavy atom. The van der Waals surface area contributed by atoms with Crippen LogP contribution in [0.4, 0.5) is 5.69 Å². The van der Waals surface area contributed by atoms with Gasteiger partial charge in [0.2, 0.25) is 0 Å². The average molecular weight is 241 g/mol. The molecule has 94 valence electrons. The first-order valence-electron chi connectivity index (χ1n) is 6.79. The molecular weight excluding hydrogens is 222 g/mol. The van der Waals surface area contributed by atoms with Gasteiger partial charge in [0.25, 0.3) is 0 Å². The summed E-state index contributed by atoms with van der Waals surface area (Å²) in [6.07, 6.45) is 3.91. The Hall–Kier alpha value is -1.53. The van der Waals surface area contributed by atoms with Crippen molar-refractivity contribution in [3.05, 3.63) is 29.3 Å². The number of fused-ring (bicyclic) bond motifs is 1. The molecule has 2 fully saturated rings. The minimum atomic E-state index is 0.583. The van der Waals surface area contributed by atoms with Crippen molar-refractivity contribution in [3.8, 4) is 6.07 Å². The maximum atomic E-state index is 8.94. The molecule has 1 aromatic carbocycles. The van der Waals surface area contributed by atoms with Crippen molar-refractivity contribution < 1.29 is 0 Å². The van der Waals surface area contributed by atoms with Crippen LogP contribution >= 0.6 is 0 Å². The SMILES string of the molecule is Cc1cc(NC2CCN3CCCC23)ccc1C#N.